The Morgan fingerprint density at radius 1 is 1.41 bits per heavy atom. The number of carbonyl (C=O) groups is 1. The Bertz CT molecular complexity index is 545. The second-order valence-electron chi connectivity index (χ2n) is 3.64. The van der Waals surface area contributed by atoms with E-state index < -0.39 is 6.09 Å². The first-order valence-electron chi connectivity index (χ1n) is 4.98. The summed E-state index contributed by atoms with van der Waals surface area (Å²) in [5, 5.41) is 14.8. The van der Waals surface area contributed by atoms with Gasteiger partial charge in [-0.15, -0.1) is 5.10 Å². The van der Waals surface area contributed by atoms with Crippen LogP contribution in [-0.2, 0) is 0 Å². The van der Waals surface area contributed by atoms with Gasteiger partial charge in [-0.3, -0.25) is 5.32 Å². The van der Waals surface area contributed by atoms with Gasteiger partial charge in [-0.25, -0.2) is 9.48 Å². The van der Waals surface area contributed by atoms with E-state index in [9.17, 15) is 4.79 Å². The number of anilines is 2. The Hall–Kier alpha value is -2.50. The number of aryl methyl sites for hydroxylation is 1. The molecular weight excluding hydrogens is 220 g/mol. The Morgan fingerprint density at radius 2 is 2.06 bits per heavy atom. The van der Waals surface area contributed by atoms with Crippen molar-refractivity contribution in [2.75, 3.05) is 11.1 Å². The molecule has 0 bridgehead atoms. The lowest BCUT2D eigenvalue weighted by Crippen LogP contribution is -2.07. The van der Waals surface area contributed by atoms with Crippen molar-refractivity contribution in [1.29, 1.82) is 0 Å². The molecule has 17 heavy (non-hydrogen) atoms. The van der Waals surface area contributed by atoms with Crippen molar-refractivity contribution in [2.45, 2.75) is 6.92 Å². The molecule has 0 saturated carbocycles. The normalized spacial score (nSPS) is 10.2. The Labute approximate surface area is 97.7 Å². The molecule has 0 radical (unpaired) electrons. The molecule has 1 aromatic carbocycles. The summed E-state index contributed by atoms with van der Waals surface area (Å²) in [5.74, 6) is 0.146. The van der Waals surface area contributed by atoms with Gasteiger partial charge in [0.05, 0.1) is 11.9 Å². The quantitative estimate of drug-likeness (QED) is 0.736. The fourth-order valence-corrected chi connectivity index (χ4v) is 1.43. The molecule has 2 rings (SSSR count). The van der Waals surface area contributed by atoms with Gasteiger partial charge in [0.1, 0.15) is 5.69 Å². The van der Waals surface area contributed by atoms with Crippen LogP contribution in [0.3, 0.4) is 0 Å². The maximum atomic E-state index is 10.5. The molecule has 0 aliphatic heterocycles. The average Bonchev–Trinajstić information content (AvgIpc) is 2.60. The Kier molecular flexibility index (Phi) is 2.70. The maximum Gasteiger partial charge on any atom is 0.409 e. The molecule has 0 saturated heterocycles. The molecule has 1 amide bonds. The fourth-order valence-electron chi connectivity index (χ4n) is 1.43. The molecule has 0 spiro atoms. The van der Waals surface area contributed by atoms with Crippen LogP contribution in [0.1, 0.15) is 5.56 Å². The van der Waals surface area contributed by atoms with Gasteiger partial charge in [0.2, 0.25) is 0 Å². The van der Waals surface area contributed by atoms with Gasteiger partial charge in [0.15, 0.2) is 5.82 Å². The minimum absolute atomic E-state index is 0.146. The minimum atomic E-state index is -1.17. The van der Waals surface area contributed by atoms with Crippen molar-refractivity contribution in [3.63, 3.8) is 0 Å². The van der Waals surface area contributed by atoms with Crippen molar-refractivity contribution < 1.29 is 9.90 Å². The van der Waals surface area contributed by atoms with Gasteiger partial charge in [0.25, 0.3) is 0 Å². The lowest BCUT2D eigenvalue weighted by molar-refractivity contribution is 0.210. The van der Waals surface area contributed by atoms with Gasteiger partial charge in [0, 0.05) is 0 Å². The third-order valence-corrected chi connectivity index (χ3v) is 2.28. The average molecular weight is 232 g/mol. The predicted molar refractivity (Wildman–Crippen MR) is 64.4 cm³/mol. The summed E-state index contributed by atoms with van der Waals surface area (Å²) in [4.78, 5) is 10.5. The zero-order valence-corrected chi connectivity index (χ0v) is 9.21. The largest absolute Gasteiger partial charge is 0.465 e. The van der Waals surface area contributed by atoms with Crippen LogP contribution < -0.4 is 11.1 Å². The molecule has 6 nitrogen and oxygen atoms in total. The van der Waals surface area contributed by atoms with Crippen LogP contribution >= 0.6 is 0 Å². The third-order valence-electron chi connectivity index (χ3n) is 2.28. The number of hydrogen-bond donors (Lipinski definition) is 3. The number of amides is 1. The van der Waals surface area contributed by atoms with Crippen molar-refractivity contribution in [1.82, 2.24) is 9.78 Å². The SMILES string of the molecule is Cc1ccc(-n2cc(NC(=O)O)c(N)n2)cc1. The highest BCUT2D eigenvalue weighted by Crippen LogP contribution is 2.19. The highest BCUT2D eigenvalue weighted by molar-refractivity contribution is 5.86. The highest BCUT2D eigenvalue weighted by atomic mass is 16.4. The number of nitrogens with one attached hydrogen (secondary N) is 1. The number of carboxylic acid groups (broad SMARTS) is 1. The molecule has 0 aliphatic carbocycles. The molecular formula is C11H12N4O2. The van der Waals surface area contributed by atoms with Gasteiger partial charge in [-0.05, 0) is 19.1 Å². The summed E-state index contributed by atoms with van der Waals surface area (Å²) in [5.41, 5.74) is 7.83. The number of benzene rings is 1. The van der Waals surface area contributed by atoms with E-state index in [1.54, 1.807) is 0 Å². The molecule has 4 N–H and O–H groups in total. The van der Waals surface area contributed by atoms with E-state index in [-0.39, 0.29) is 11.5 Å². The second-order valence-corrected chi connectivity index (χ2v) is 3.64. The van der Waals surface area contributed by atoms with Crippen LogP contribution in [0.25, 0.3) is 5.69 Å². The first kappa shape index (κ1) is 11.0. The van der Waals surface area contributed by atoms with Crippen LogP contribution in [0.2, 0.25) is 0 Å². The van der Waals surface area contributed by atoms with Crippen molar-refractivity contribution in [3.8, 4) is 5.69 Å². The number of rotatable bonds is 2. The van der Waals surface area contributed by atoms with E-state index in [1.807, 2.05) is 31.2 Å². The molecule has 0 atom stereocenters. The summed E-state index contributed by atoms with van der Waals surface area (Å²) in [6.45, 7) is 1.98. The molecule has 2 aromatic rings. The molecule has 0 aliphatic rings. The van der Waals surface area contributed by atoms with Crippen molar-refractivity contribution in [2.24, 2.45) is 0 Å². The van der Waals surface area contributed by atoms with Crippen LogP contribution in [0.15, 0.2) is 30.5 Å². The summed E-state index contributed by atoms with van der Waals surface area (Å²) in [7, 11) is 0. The molecule has 0 unspecified atom stereocenters. The van der Waals surface area contributed by atoms with Crippen molar-refractivity contribution >= 4 is 17.6 Å². The third kappa shape index (κ3) is 2.36. The van der Waals surface area contributed by atoms with E-state index in [0.717, 1.165) is 11.3 Å². The lowest BCUT2D eigenvalue weighted by Gasteiger charge is -2.00. The van der Waals surface area contributed by atoms with Gasteiger partial charge in [-0.1, -0.05) is 17.7 Å². The fraction of sp³-hybridized carbons (Fsp3) is 0.0909. The van der Waals surface area contributed by atoms with Crippen LogP contribution in [0.5, 0.6) is 0 Å². The van der Waals surface area contributed by atoms with Gasteiger partial charge in [-0.2, -0.15) is 0 Å². The van der Waals surface area contributed by atoms with Crippen LogP contribution in [0.4, 0.5) is 16.3 Å². The first-order valence-corrected chi connectivity index (χ1v) is 4.98. The van der Waals surface area contributed by atoms with Crippen LogP contribution in [0, 0.1) is 6.92 Å². The van der Waals surface area contributed by atoms with E-state index in [1.165, 1.54) is 10.9 Å². The van der Waals surface area contributed by atoms with Crippen LogP contribution in [-0.4, -0.2) is 21.0 Å². The predicted octanol–water partition coefficient (Wildman–Crippen LogP) is 1.85. The van der Waals surface area contributed by atoms with E-state index >= 15 is 0 Å². The first-order chi connectivity index (χ1) is 8.06. The van der Waals surface area contributed by atoms with Gasteiger partial charge < -0.3 is 10.8 Å². The summed E-state index contributed by atoms with van der Waals surface area (Å²) in [6, 6.07) is 7.65. The zero-order chi connectivity index (χ0) is 12.4. The Morgan fingerprint density at radius 3 is 2.65 bits per heavy atom. The van der Waals surface area contributed by atoms with E-state index in [0.29, 0.717) is 0 Å². The number of nitrogens with two attached hydrogens (primary N) is 1. The summed E-state index contributed by atoms with van der Waals surface area (Å²) < 4.78 is 1.53. The smallest absolute Gasteiger partial charge is 0.409 e. The molecule has 6 heteroatoms. The maximum absolute atomic E-state index is 10.5. The van der Waals surface area contributed by atoms with Gasteiger partial charge >= 0.3 is 6.09 Å². The van der Waals surface area contributed by atoms with E-state index in [2.05, 4.69) is 10.4 Å². The summed E-state index contributed by atoms with van der Waals surface area (Å²) in [6.07, 6.45) is 0.369. The molecule has 0 fully saturated rings. The second kappa shape index (κ2) is 4.17. The molecule has 88 valence electrons. The standard InChI is InChI=1S/C11H12N4O2/c1-7-2-4-8(5-3-7)15-6-9(10(12)14-15)13-11(16)17/h2-6,13H,1H3,(H2,12,14)(H,16,17). The van der Waals surface area contributed by atoms with E-state index in [4.69, 9.17) is 10.8 Å². The number of hydrogen-bond acceptors (Lipinski definition) is 3. The number of nitrogen functional groups attached to an aromatic ring is 1. The summed E-state index contributed by atoms with van der Waals surface area (Å²) >= 11 is 0. The highest BCUT2D eigenvalue weighted by Gasteiger charge is 2.08. The molecule has 1 heterocycles. The van der Waals surface area contributed by atoms with Crippen molar-refractivity contribution in [3.05, 3.63) is 36.0 Å². The number of nitrogens with zero attached hydrogens (tertiary/aromatic N) is 2. The minimum Gasteiger partial charge on any atom is -0.465 e. The monoisotopic (exact) mass is 232 g/mol. The zero-order valence-electron chi connectivity index (χ0n) is 9.21. The lowest BCUT2D eigenvalue weighted by atomic mass is 10.2. The molecule has 1 aromatic heterocycles. The topological polar surface area (TPSA) is 93.2 Å². The Balaban J connectivity index is 2.34. The number of aromatic nitrogens is 2.